The van der Waals surface area contributed by atoms with Crippen molar-refractivity contribution in [1.82, 2.24) is 9.03 Å². The van der Waals surface area contributed by atoms with Gasteiger partial charge in [-0.15, -0.1) is 0 Å². The maximum atomic E-state index is 12.1. The quantitative estimate of drug-likeness (QED) is 0.726. The van der Waals surface area contributed by atoms with Gasteiger partial charge in [0.25, 0.3) is 10.2 Å². The van der Waals surface area contributed by atoms with Crippen LogP contribution < -0.4 is 4.72 Å². The summed E-state index contributed by atoms with van der Waals surface area (Å²) in [6, 6.07) is 0. The molecule has 0 atom stereocenters. The molecule has 0 aromatic rings. The number of aliphatic carboxylic acids is 1. The Bertz CT molecular complexity index is 388. The Morgan fingerprint density at radius 3 is 2.39 bits per heavy atom. The van der Waals surface area contributed by atoms with Crippen molar-refractivity contribution in [2.75, 3.05) is 13.6 Å². The minimum absolute atomic E-state index is 0.364. The van der Waals surface area contributed by atoms with Crippen LogP contribution in [0.2, 0.25) is 0 Å². The summed E-state index contributed by atoms with van der Waals surface area (Å²) in [7, 11) is -2.24. The molecule has 0 spiro atoms. The van der Waals surface area contributed by atoms with Gasteiger partial charge in [0.1, 0.15) is 5.54 Å². The van der Waals surface area contributed by atoms with E-state index in [-0.39, 0.29) is 0 Å². The van der Waals surface area contributed by atoms with E-state index in [1.54, 1.807) is 0 Å². The molecule has 0 aromatic heterocycles. The Morgan fingerprint density at radius 2 is 1.94 bits per heavy atom. The highest BCUT2D eigenvalue weighted by Gasteiger charge is 2.45. The van der Waals surface area contributed by atoms with Crippen LogP contribution in [-0.2, 0) is 15.0 Å². The van der Waals surface area contributed by atoms with Crippen molar-refractivity contribution in [1.29, 1.82) is 0 Å². The predicted octanol–water partition coefficient (Wildman–Crippen LogP) is 0.950. The molecule has 1 fully saturated rings. The Labute approximate surface area is 109 Å². The summed E-state index contributed by atoms with van der Waals surface area (Å²) in [6.45, 7) is 2.38. The number of rotatable bonds is 7. The van der Waals surface area contributed by atoms with Crippen molar-refractivity contribution in [3.63, 3.8) is 0 Å². The maximum absolute atomic E-state index is 12.1. The molecular weight excluding hydrogens is 256 g/mol. The van der Waals surface area contributed by atoms with Crippen LogP contribution in [0.4, 0.5) is 0 Å². The number of nitrogens with one attached hydrogen (secondary N) is 1. The number of carbonyl (C=O) groups is 1. The fourth-order valence-electron chi connectivity index (χ4n) is 2.16. The first-order valence-electron chi connectivity index (χ1n) is 6.33. The number of hydrogen-bond acceptors (Lipinski definition) is 3. The van der Waals surface area contributed by atoms with Gasteiger partial charge in [-0.25, -0.2) is 0 Å². The molecule has 0 unspecified atom stereocenters. The molecule has 0 heterocycles. The first kappa shape index (κ1) is 15.4. The van der Waals surface area contributed by atoms with Crippen molar-refractivity contribution in [3.8, 4) is 0 Å². The van der Waals surface area contributed by atoms with Crippen molar-refractivity contribution < 1.29 is 18.3 Å². The van der Waals surface area contributed by atoms with E-state index in [0.717, 1.165) is 25.7 Å². The standard InChI is InChI=1S/C11H22N2O4S/c1-3-4-9-13(2)18(16,17)12-11(10(14)15)7-5-6-8-11/h12H,3-9H2,1-2H3,(H,14,15). The van der Waals surface area contributed by atoms with E-state index in [1.807, 2.05) is 6.92 Å². The first-order chi connectivity index (χ1) is 8.34. The van der Waals surface area contributed by atoms with E-state index in [0.29, 0.717) is 19.4 Å². The number of carboxylic acids is 1. The van der Waals surface area contributed by atoms with Crippen LogP contribution in [-0.4, -0.2) is 42.9 Å². The van der Waals surface area contributed by atoms with Crippen molar-refractivity contribution in [2.45, 2.75) is 51.0 Å². The van der Waals surface area contributed by atoms with Gasteiger partial charge in [-0.05, 0) is 19.3 Å². The molecule has 0 aromatic carbocycles. The molecule has 18 heavy (non-hydrogen) atoms. The summed E-state index contributed by atoms with van der Waals surface area (Å²) in [6.07, 6.45) is 3.87. The van der Waals surface area contributed by atoms with Crippen LogP contribution in [0.1, 0.15) is 45.4 Å². The number of carboxylic acid groups (broad SMARTS) is 1. The van der Waals surface area contributed by atoms with Crippen molar-refractivity contribution in [3.05, 3.63) is 0 Å². The molecule has 1 aliphatic carbocycles. The molecule has 6 nitrogen and oxygen atoms in total. The summed E-state index contributed by atoms with van der Waals surface area (Å²) in [5.74, 6) is -1.08. The highest BCUT2D eigenvalue weighted by molar-refractivity contribution is 7.87. The van der Waals surface area contributed by atoms with Crippen molar-refractivity contribution in [2.24, 2.45) is 0 Å². The Balaban J connectivity index is 2.77. The lowest BCUT2D eigenvalue weighted by molar-refractivity contribution is -0.143. The topological polar surface area (TPSA) is 86.7 Å². The summed E-state index contributed by atoms with van der Waals surface area (Å²) in [4.78, 5) is 11.3. The molecule has 2 N–H and O–H groups in total. The van der Waals surface area contributed by atoms with Gasteiger partial charge in [-0.1, -0.05) is 26.2 Å². The van der Waals surface area contributed by atoms with Crippen LogP contribution >= 0.6 is 0 Å². The zero-order chi connectivity index (χ0) is 13.8. The molecule has 106 valence electrons. The van der Waals surface area contributed by atoms with E-state index in [9.17, 15) is 18.3 Å². The first-order valence-corrected chi connectivity index (χ1v) is 7.77. The Kier molecular flexibility index (Phi) is 5.12. The van der Waals surface area contributed by atoms with Crippen molar-refractivity contribution >= 4 is 16.2 Å². The number of nitrogens with zero attached hydrogens (tertiary/aromatic N) is 1. The fraction of sp³-hybridized carbons (Fsp3) is 0.909. The van der Waals surface area contributed by atoms with Gasteiger partial charge in [0.2, 0.25) is 0 Å². The van der Waals surface area contributed by atoms with Crippen LogP contribution in [0.3, 0.4) is 0 Å². The lowest BCUT2D eigenvalue weighted by Crippen LogP contribution is -2.55. The van der Waals surface area contributed by atoms with Gasteiger partial charge in [0.15, 0.2) is 0 Å². The van der Waals surface area contributed by atoms with Gasteiger partial charge < -0.3 is 5.11 Å². The second-order valence-corrected chi connectivity index (χ2v) is 6.65. The monoisotopic (exact) mass is 278 g/mol. The average Bonchev–Trinajstić information content (AvgIpc) is 2.74. The largest absolute Gasteiger partial charge is 0.480 e. The molecule has 7 heteroatoms. The Morgan fingerprint density at radius 1 is 1.39 bits per heavy atom. The molecular formula is C11H22N2O4S. The molecule has 0 bridgehead atoms. The second-order valence-electron chi connectivity index (χ2n) is 4.88. The lowest BCUT2D eigenvalue weighted by atomic mass is 10.0. The SMILES string of the molecule is CCCCN(C)S(=O)(=O)NC1(C(=O)O)CCCC1. The maximum Gasteiger partial charge on any atom is 0.324 e. The highest BCUT2D eigenvalue weighted by Crippen LogP contribution is 2.30. The van der Waals surface area contributed by atoms with Gasteiger partial charge >= 0.3 is 5.97 Å². The molecule has 0 saturated heterocycles. The zero-order valence-corrected chi connectivity index (χ0v) is 11.8. The van der Waals surface area contributed by atoms with E-state index in [2.05, 4.69) is 4.72 Å². The van der Waals surface area contributed by atoms with Gasteiger partial charge in [-0.2, -0.15) is 17.4 Å². The second kappa shape index (κ2) is 5.99. The summed E-state index contributed by atoms with van der Waals surface area (Å²) in [5, 5.41) is 9.24. The van der Waals surface area contributed by atoms with Crippen LogP contribution in [0.25, 0.3) is 0 Å². The highest BCUT2D eigenvalue weighted by atomic mass is 32.2. The minimum atomic E-state index is -3.72. The van der Waals surface area contributed by atoms with E-state index >= 15 is 0 Å². The van der Waals surface area contributed by atoms with E-state index in [4.69, 9.17) is 0 Å². The molecule has 0 radical (unpaired) electrons. The minimum Gasteiger partial charge on any atom is -0.480 e. The zero-order valence-electron chi connectivity index (χ0n) is 11.0. The third-order valence-corrected chi connectivity index (χ3v) is 5.08. The number of unbranched alkanes of at least 4 members (excludes halogenated alkanes) is 1. The molecule has 1 saturated carbocycles. The van der Waals surface area contributed by atoms with Gasteiger partial charge in [-0.3, -0.25) is 4.79 Å². The van der Waals surface area contributed by atoms with E-state index in [1.165, 1.54) is 11.4 Å². The van der Waals surface area contributed by atoms with Crippen LogP contribution in [0.15, 0.2) is 0 Å². The summed E-state index contributed by atoms with van der Waals surface area (Å²) < 4.78 is 27.7. The van der Waals surface area contributed by atoms with E-state index < -0.39 is 21.7 Å². The molecule has 1 rings (SSSR count). The smallest absolute Gasteiger partial charge is 0.324 e. The summed E-state index contributed by atoms with van der Waals surface area (Å²) in [5.41, 5.74) is -1.31. The van der Waals surface area contributed by atoms with Crippen LogP contribution in [0.5, 0.6) is 0 Å². The third-order valence-electron chi connectivity index (χ3n) is 3.43. The molecule has 0 amide bonds. The number of hydrogen-bond donors (Lipinski definition) is 2. The third kappa shape index (κ3) is 3.43. The average molecular weight is 278 g/mol. The van der Waals surface area contributed by atoms with Gasteiger partial charge in [0.05, 0.1) is 0 Å². The molecule has 1 aliphatic rings. The summed E-state index contributed by atoms with van der Waals surface area (Å²) >= 11 is 0. The van der Waals surface area contributed by atoms with Gasteiger partial charge in [0, 0.05) is 13.6 Å². The predicted molar refractivity (Wildman–Crippen MR) is 68.4 cm³/mol. The normalized spacial score (nSPS) is 19.3. The Hall–Kier alpha value is -0.660. The molecule has 0 aliphatic heterocycles. The lowest BCUT2D eigenvalue weighted by Gasteiger charge is -2.28. The fourth-order valence-corrected chi connectivity index (χ4v) is 3.47. The van der Waals surface area contributed by atoms with Crippen LogP contribution in [0, 0.1) is 0 Å².